The van der Waals surface area contributed by atoms with E-state index in [0.717, 1.165) is 5.56 Å². The largest absolute Gasteiger partial charge is 0.481 e. The summed E-state index contributed by atoms with van der Waals surface area (Å²) in [5.74, 6) is -2.11. The minimum atomic E-state index is -0.994. The van der Waals surface area contributed by atoms with E-state index < -0.39 is 23.5 Å². The minimum absolute atomic E-state index is 0.218. The SMILES string of the molecule is CC(C)(C)OC(=O)[C@@H](CC(=O)O)Cc1ccccc1. The van der Waals surface area contributed by atoms with Crippen LogP contribution in [0, 0.1) is 5.92 Å². The minimum Gasteiger partial charge on any atom is -0.481 e. The average Bonchev–Trinajstić information content (AvgIpc) is 2.26. The highest BCUT2D eigenvalue weighted by atomic mass is 16.6. The van der Waals surface area contributed by atoms with Gasteiger partial charge in [-0.2, -0.15) is 0 Å². The Balaban J connectivity index is 2.77. The topological polar surface area (TPSA) is 63.6 Å². The Morgan fingerprint density at radius 2 is 1.79 bits per heavy atom. The molecule has 0 fully saturated rings. The number of carboxylic acid groups (broad SMARTS) is 1. The number of rotatable bonds is 5. The maximum Gasteiger partial charge on any atom is 0.310 e. The van der Waals surface area contributed by atoms with Gasteiger partial charge in [0.25, 0.3) is 0 Å². The Morgan fingerprint density at radius 1 is 1.21 bits per heavy atom. The molecule has 4 heteroatoms. The van der Waals surface area contributed by atoms with Gasteiger partial charge in [-0.1, -0.05) is 30.3 Å². The maximum atomic E-state index is 12.0. The van der Waals surface area contributed by atoms with E-state index in [2.05, 4.69) is 0 Å². The van der Waals surface area contributed by atoms with Crippen molar-refractivity contribution in [3.05, 3.63) is 35.9 Å². The van der Waals surface area contributed by atoms with Crippen molar-refractivity contribution in [1.29, 1.82) is 0 Å². The van der Waals surface area contributed by atoms with Crippen LogP contribution in [0.15, 0.2) is 30.3 Å². The first kappa shape index (κ1) is 15.2. The molecule has 0 saturated heterocycles. The molecular weight excluding hydrogens is 244 g/mol. The molecule has 0 heterocycles. The van der Waals surface area contributed by atoms with E-state index in [0.29, 0.717) is 6.42 Å². The molecule has 1 aromatic rings. The van der Waals surface area contributed by atoms with Gasteiger partial charge in [-0.3, -0.25) is 9.59 Å². The molecule has 1 atom stereocenters. The van der Waals surface area contributed by atoms with Crippen molar-refractivity contribution in [2.45, 2.75) is 39.2 Å². The van der Waals surface area contributed by atoms with Crippen LogP contribution >= 0.6 is 0 Å². The van der Waals surface area contributed by atoms with Crippen LogP contribution in [0.3, 0.4) is 0 Å². The van der Waals surface area contributed by atoms with E-state index in [-0.39, 0.29) is 6.42 Å². The fourth-order valence-electron chi connectivity index (χ4n) is 1.73. The number of ether oxygens (including phenoxy) is 1. The second-order valence-electron chi connectivity index (χ2n) is 5.52. The third-order valence-corrected chi connectivity index (χ3v) is 2.49. The summed E-state index contributed by atoms with van der Waals surface area (Å²) in [5, 5.41) is 8.90. The van der Waals surface area contributed by atoms with Crippen LogP contribution in [0.2, 0.25) is 0 Å². The molecule has 1 aromatic carbocycles. The molecule has 0 aliphatic carbocycles. The van der Waals surface area contributed by atoms with Gasteiger partial charge >= 0.3 is 11.9 Å². The lowest BCUT2D eigenvalue weighted by Gasteiger charge is -2.23. The van der Waals surface area contributed by atoms with E-state index in [9.17, 15) is 9.59 Å². The Bertz CT molecular complexity index is 431. The maximum absolute atomic E-state index is 12.0. The van der Waals surface area contributed by atoms with Gasteiger partial charge in [0.1, 0.15) is 5.60 Å². The van der Waals surface area contributed by atoms with Crippen LogP contribution in [0.4, 0.5) is 0 Å². The fourth-order valence-corrected chi connectivity index (χ4v) is 1.73. The first-order valence-electron chi connectivity index (χ1n) is 6.26. The van der Waals surface area contributed by atoms with Gasteiger partial charge in [0.15, 0.2) is 0 Å². The Hall–Kier alpha value is -1.84. The summed E-state index contributed by atoms with van der Waals surface area (Å²) in [6.07, 6.45) is 0.159. The lowest BCUT2D eigenvalue weighted by molar-refractivity contribution is -0.162. The molecule has 4 nitrogen and oxygen atoms in total. The molecule has 0 unspecified atom stereocenters. The molecule has 0 aliphatic rings. The second-order valence-corrected chi connectivity index (χ2v) is 5.52. The number of aliphatic carboxylic acids is 1. The van der Waals surface area contributed by atoms with Crippen molar-refractivity contribution < 1.29 is 19.4 Å². The first-order valence-corrected chi connectivity index (χ1v) is 6.26. The molecule has 1 N–H and O–H groups in total. The Kier molecular flexibility index (Phi) is 5.10. The third kappa shape index (κ3) is 6.04. The number of benzene rings is 1. The molecule has 0 amide bonds. The van der Waals surface area contributed by atoms with Gasteiger partial charge in [-0.05, 0) is 32.8 Å². The van der Waals surface area contributed by atoms with Crippen molar-refractivity contribution in [2.75, 3.05) is 0 Å². The molecule has 0 radical (unpaired) electrons. The number of carbonyl (C=O) groups excluding carboxylic acids is 1. The zero-order valence-electron chi connectivity index (χ0n) is 11.6. The summed E-state index contributed by atoms with van der Waals surface area (Å²) in [7, 11) is 0. The molecule has 0 spiro atoms. The Labute approximate surface area is 113 Å². The summed E-state index contributed by atoms with van der Waals surface area (Å²) in [5.41, 5.74) is 0.324. The standard InChI is InChI=1S/C15H20O4/c1-15(2,3)19-14(18)12(10-13(16)17)9-11-7-5-4-6-8-11/h4-8,12H,9-10H2,1-3H3,(H,16,17)/t12-/m1/s1. The van der Waals surface area contributed by atoms with Gasteiger partial charge in [0.2, 0.25) is 0 Å². The number of hydrogen-bond acceptors (Lipinski definition) is 3. The van der Waals surface area contributed by atoms with Crippen molar-refractivity contribution >= 4 is 11.9 Å². The number of esters is 1. The van der Waals surface area contributed by atoms with Gasteiger partial charge in [0, 0.05) is 0 Å². The molecule has 0 aromatic heterocycles. The quantitative estimate of drug-likeness (QED) is 0.830. The van der Waals surface area contributed by atoms with Crippen LogP contribution in [-0.4, -0.2) is 22.6 Å². The van der Waals surface area contributed by atoms with Crippen LogP contribution in [0.1, 0.15) is 32.8 Å². The fraction of sp³-hybridized carbons (Fsp3) is 0.467. The van der Waals surface area contributed by atoms with Crippen molar-refractivity contribution in [2.24, 2.45) is 5.92 Å². The molecule has 19 heavy (non-hydrogen) atoms. The van der Waals surface area contributed by atoms with Crippen LogP contribution in [0.5, 0.6) is 0 Å². The van der Waals surface area contributed by atoms with E-state index in [1.165, 1.54) is 0 Å². The van der Waals surface area contributed by atoms with Gasteiger partial charge in [-0.15, -0.1) is 0 Å². The number of hydrogen-bond donors (Lipinski definition) is 1. The monoisotopic (exact) mass is 264 g/mol. The van der Waals surface area contributed by atoms with Crippen molar-refractivity contribution in [3.8, 4) is 0 Å². The van der Waals surface area contributed by atoms with Gasteiger partial charge < -0.3 is 9.84 Å². The summed E-state index contributed by atoms with van der Waals surface area (Å²) < 4.78 is 5.27. The zero-order chi connectivity index (χ0) is 14.5. The second kappa shape index (κ2) is 6.36. The van der Waals surface area contributed by atoms with Crippen LogP contribution in [0.25, 0.3) is 0 Å². The summed E-state index contributed by atoms with van der Waals surface area (Å²) in [6.45, 7) is 5.31. The van der Waals surface area contributed by atoms with E-state index in [4.69, 9.17) is 9.84 Å². The smallest absolute Gasteiger partial charge is 0.310 e. The van der Waals surface area contributed by atoms with Gasteiger partial charge in [0.05, 0.1) is 12.3 Å². The number of carbonyl (C=O) groups is 2. The summed E-state index contributed by atoms with van der Waals surface area (Å²) in [6, 6.07) is 9.35. The van der Waals surface area contributed by atoms with Gasteiger partial charge in [-0.25, -0.2) is 0 Å². The zero-order valence-corrected chi connectivity index (χ0v) is 11.6. The third-order valence-electron chi connectivity index (χ3n) is 2.49. The molecule has 0 aliphatic heterocycles. The van der Waals surface area contributed by atoms with E-state index >= 15 is 0 Å². The molecule has 104 valence electrons. The normalized spacial score (nSPS) is 12.8. The average molecular weight is 264 g/mol. The van der Waals surface area contributed by atoms with Crippen molar-refractivity contribution in [3.63, 3.8) is 0 Å². The predicted octanol–water partition coefficient (Wildman–Crippen LogP) is 2.66. The Morgan fingerprint density at radius 3 is 2.26 bits per heavy atom. The van der Waals surface area contributed by atoms with Crippen LogP contribution < -0.4 is 0 Å². The van der Waals surface area contributed by atoms with E-state index in [1.807, 2.05) is 30.3 Å². The molecular formula is C15H20O4. The van der Waals surface area contributed by atoms with Crippen molar-refractivity contribution in [1.82, 2.24) is 0 Å². The highest BCUT2D eigenvalue weighted by Crippen LogP contribution is 2.18. The lowest BCUT2D eigenvalue weighted by Crippen LogP contribution is -2.31. The highest BCUT2D eigenvalue weighted by Gasteiger charge is 2.27. The van der Waals surface area contributed by atoms with Crippen LogP contribution in [-0.2, 0) is 20.7 Å². The summed E-state index contributed by atoms with van der Waals surface area (Å²) in [4.78, 5) is 22.9. The summed E-state index contributed by atoms with van der Waals surface area (Å²) >= 11 is 0. The highest BCUT2D eigenvalue weighted by molar-refractivity contribution is 5.79. The first-order chi connectivity index (χ1) is 8.78. The van der Waals surface area contributed by atoms with E-state index in [1.54, 1.807) is 20.8 Å². The molecule has 0 bridgehead atoms. The molecule has 0 saturated carbocycles. The predicted molar refractivity (Wildman–Crippen MR) is 71.7 cm³/mol. The molecule has 1 rings (SSSR count). The number of carboxylic acids is 1. The lowest BCUT2D eigenvalue weighted by atomic mass is 9.96.